The fourth-order valence-electron chi connectivity index (χ4n) is 1.47. The molecule has 0 aliphatic rings. The molecule has 1 atom stereocenters. The van der Waals surface area contributed by atoms with Gasteiger partial charge in [-0.3, -0.25) is 0 Å². The molecule has 0 aliphatic heterocycles. The minimum atomic E-state index is -0.535. The molecule has 0 heterocycles. The van der Waals surface area contributed by atoms with Crippen molar-refractivity contribution in [1.82, 2.24) is 0 Å². The van der Waals surface area contributed by atoms with Crippen LogP contribution in [0.2, 0.25) is 0 Å². The average Bonchev–Trinajstić information content (AvgIpc) is 2.34. The number of hydrogen-bond acceptors (Lipinski definition) is 1. The topological polar surface area (TPSA) is 20.2 Å². The maximum absolute atomic E-state index is 9.89. The lowest BCUT2D eigenvalue weighted by molar-refractivity contribution is 0.184. The lowest BCUT2D eigenvalue weighted by Gasteiger charge is -2.10. The van der Waals surface area contributed by atoms with Crippen molar-refractivity contribution in [3.05, 3.63) is 47.0 Å². The van der Waals surface area contributed by atoms with Crippen LogP contribution in [-0.2, 0) is 0 Å². The first-order valence-corrected chi connectivity index (χ1v) is 6.10. The van der Waals surface area contributed by atoms with Crippen molar-refractivity contribution in [3.63, 3.8) is 0 Å². The quantitative estimate of drug-likeness (QED) is 0.802. The van der Waals surface area contributed by atoms with Gasteiger partial charge in [0.2, 0.25) is 0 Å². The summed E-state index contributed by atoms with van der Waals surface area (Å²) < 4.78 is 0. The molecule has 17 heavy (non-hydrogen) atoms. The van der Waals surface area contributed by atoms with E-state index in [9.17, 15) is 5.11 Å². The first-order valence-electron chi connectivity index (χ1n) is 5.66. The third-order valence-electron chi connectivity index (χ3n) is 2.53. The predicted octanol–water partition coefficient (Wildman–Crippen LogP) is 3.99. The molecule has 0 saturated heterocycles. The third-order valence-corrected chi connectivity index (χ3v) is 2.66. The zero-order chi connectivity index (χ0) is 12.7. The van der Waals surface area contributed by atoms with E-state index < -0.39 is 6.10 Å². The maximum Gasteiger partial charge on any atom is 0.0899 e. The summed E-state index contributed by atoms with van der Waals surface area (Å²) in [6.45, 7) is 4.30. The highest BCUT2D eigenvalue weighted by Crippen LogP contribution is 2.20. The molecule has 0 saturated carbocycles. The Balaban J connectivity index is 2.64. The van der Waals surface area contributed by atoms with E-state index in [1.165, 1.54) is 11.1 Å². The van der Waals surface area contributed by atoms with E-state index in [4.69, 9.17) is 11.6 Å². The summed E-state index contributed by atoms with van der Waals surface area (Å²) in [5.74, 6) is 6.10. The summed E-state index contributed by atoms with van der Waals surface area (Å²) in [4.78, 5) is 0. The van der Waals surface area contributed by atoms with Crippen molar-refractivity contribution in [2.24, 2.45) is 0 Å². The molecular weight excluding hydrogens is 232 g/mol. The first kappa shape index (κ1) is 13.8. The van der Waals surface area contributed by atoms with Crippen molar-refractivity contribution in [3.8, 4) is 11.8 Å². The van der Waals surface area contributed by atoms with Gasteiger partial charge in [-0.05, 0) is 23.1 Å². The van der Waals surface area contributed by atoms with E-state index in [1.54, 1.807) is 6.08 Å². The molecule has 1 aromatic rings. The van der Waals surface area contributed by atoms with Gasteiger partial charge in [-0.15, -0.1) is 0 Å². The van der Waals surface area contributed by atoms with Gasteiger partial charge in [0, 0.05) is 12.0 Å². The molecule has 2 heteroatoms. The minimum Gasteiger partial charge on any atom is -0.387 e. The number of benzene rings is 1. The van der Waals surface area contributed by atoms with Crippen LogP contribution in [-0.4, -0.2) is 5.11 Å². The lowest BCUT2D eigenvalue weighted by atomic mass is 9.99. The molecule has 1 N–H and O–H groups in total. The average molecular weight is 249 g/mol. The van der Waals surface area contributed by atoms with Crippen LogP contribution >= 0.6 is 11.6 Å². The molecule has 0 radical (unpaired) electrons. The number of aliphatic hydroxyl groups excluding tert-OH is 1. The Kier molecular flexibility index (Phi) is 5.83. The molecule has 1 aromatic carbocycles. The van der Waals surface area contributed by atoms with Gasteiger partial charge in [-0.1, -0.05) is 61.6 Å². The minimum absolute atomic E-state index is 0.419. The Morgan fingerprint density at radius 2 is 1.82 bits per heavy atom. The van der Waals surface area contributed by atoms with E-state index >= 15 is 0 Å². The summed E-state index contributed by atoms with van der Waals surface area (Å²) in [5.41, 5.74) is 3.53. The Morgan fingerprint density at radius 3 is 2.35 bits per heavy atom. The van der Waals surface area contributed by atoms with Crippen molar-refractivity contribution in [2.75, 3.05) is 0 Å². The van der Waals surface area contributed by atoms with E-state index in [2.05, 4.69) is 37.8 Å². The molecule has 0 bridgehead atoms. The van der Waals surface area contributed by atoms with Crippen LogP contribution < -0.4 is 0 Å². The van der Waals surface area contributed by atoms with Crippen LogP contribution in [0.15, 0.2) is 35.9 Å². The zero-order valence-corrected chi connectivity index (χ0v) is 10.9. The van der Waals surface area contributed by atoms with Crippen LogP contribution in [0, 0.1) is 11.8 Å². The van der Waals surface area contributed by atoms with E-state index in [0.29, 0.717) is 12.3 Å². The number of hydrogen-bond donors (Lipinski definition) is 1. The third kappa shape index (κ3) is 4.65. The lowest BCUT2D eigenvalue weighted by Crippen LogP contribution is -1.96. The van der Waals surface area contributed by atoms with Crippen molar-refractivity contribution in [1.29, 1.82) is 0 Å². The van der Waals surface area contributed by atoms with Crippen LogP contribution in [0.25, 0.3) is 0 Å². The monoisotopic (exact) mass is 248 g/mol. The summed E-state index contributed by atoms with van der Waals surface area (Å²) in [7, 11) is 0. The molecule has 90 valence electrons. The fourth-order valence-corrected chi connectivity index (χ4v) is 1.53. The molecule has 0 fully saturated rings. The Labute approximate surface area is 108 Å². The molecule has 1 unspecified atom stereocenters. The molecular formula is C15H17ClO. The van der Waals surface area contributed by atoms with Crippen LogP contribution in [0.1, 0.15) is 43.4 Å². The Bertz CT molecular complexity index is 420. The second kappa shape index (κ2) is 7.17. The number of rotatable bonds is 3. The zero-order valence-electron chi connectivity index (χ0n) is 10.2. The van der Waals surface area contributed by atoms with Crippen LogP contribution in [0.5, 0.6) is 0 Å². The van der Waals surface area contributed by atoms with Crippen molar-refractivity contribution >= 4 is 11.6 Å². The van der Waals surface area contributed by atoms with Gasteiger partial charge in [0.25, 0.3) is 0 Å². The molecule has 0 aromatic heterocycles. The number of halogens is 1. The predicted molar refractivity (Wildman–Crippen MR) is 72.9 cm³/mol. The van der Waals surface area contributed by atoms with E-state index in [-0.39, 0.29) is 0 Å². The second-order valence-electron chi connectivity index (χ2n) is 4.16. The van der Waals surface area contributed by atoms with Gasteiger partial charge in [0.05, 0.1) is 6.10 Å². The summed E-state index contributed by atoms with van der Waals surface area (Å²) in [5, 5.41) is 9.89. The highest BCUT2D eigenvalue weighted by Gasteiger charge is 2.06. The molecule has 1 rings (SSSR count). The highest BCUT2D eigenvalue weighted by molar-refractivity contribution is 6.25. The normalized spacial score (nSPS) is 12.5. The second-order valence-corrected chi connectivity index (χ2v) is 4.41. The molecule has 0 amide bonds. The number of allylic oxidation sites excluding steroid dienone is 1. The molecule has 0 aliphatic carbocycles. The smallest absolute Gasteiger partial charge is 0.0899 e. The standard InChI is InChI=1S/C15H17ClO/c1-12(2)13-7-9-14(10-8-13)15(17)6-4-3-5-11-16/h5,7-12,15,17H,6H2,1-2H3/b11-5+. The van der Waals surface area contributed by atoms with Crippen LogP contribution in [0.4, 0.5) is 0 Å². The van der Waals surface area contributed by atoms with Gasteiger partial charge < -0.3 is 5.11 Å². The Hall–Kier alpha value is -1.23. The van der Waals surface area contributed by atoms with E-state index in [0.717, 1.165) is 5.56 Å². The summed E-state index contributed by atoms with van der Waals surface area (Å²) in [6, 6.07) is 8.02. The van der Waals surface area contributed by atoms with Gasteiger partial charge in [-0.25, -0.2) is 0 Å². The SMILES string of the molecule is CC(C)c1ccc(C(O)CC#C/C=C/Cl)cc1. The van der Waals surface area contributed by atoms with Crippen LogP contribution in [0.3, 0.4) is 0 Å². The number of aliphatic hydroxyl groups is 1. The summed E-state index contributed by atoms with van der Waals surface area (Å²) in [6.07, 6.45) is 1.44. The molecule has 0 spiro atoms. The molecule has 1 nitrogen and oxygen atoms in total. The Morgan fingerprint density at radius 1 is 1.24 bits per heavy atom. The van der Waals surface area contributed by atoms with Gasteiger partial charge >= 0.3 is 0 Å². The van der Waals surface area contributed by atoms with Crippen molar-refractivity contribution in [2.45, 2.75) is 32.3 Å². The van der Waals surface area contributed by atoms with Gasteiger partial charge in [0.1, 0.15) is 0 Å². The van der Waals surface area contributed by atoms with Gasteiger partial charge in [0.15, 0.2) is 0 Å². The largest absolute Gasteiger partial charge is 0.387 e. The first-order chi connectivity index (χ1) is 8.15. The summed E-state index contributed by atoms with van der Waals surface area (Å²) >= 11 is 5.34. The van der Waals surface area contributed by atoms with Crippen molar-refractivity contribution < 1.29 is 5.11 Å². The van der Waals surface area contributed by atoms with E-state index in [1.807, 2.05) is 12.1 Å². The fraction of sp³-hybridized carbons (Fsp3) is 0.333. The maximum atomic E-state index is 9.89. The van der Waals surface area contributed by atoms with Gasteiger partial charge in [-0.2, -0.15) is 0 Å². The highest BCUT2D eigenvalue weighted by atomic mass is 35.5.